The smallest absolute Gasteiger partial charge is 0.352 e. The van der Waals surface area contributed by atoms with Crippen LogP contribution < -0.4 is 0 Å². The van der Waals surface area contributed by atoms with E-state index in [2.05, 4.69) is 4.98 Å². The van der Waals surface area contributed by atoms with E-state index >= 15 is 0 Å². The quantitative estimate of drug-likeness (QED) is 0.855. The number of ether oxygens (including phenoxy) is 1. The maximum Gasteiger partial charge on any atom is 0.352 e. The number of aromatic carboxylic acids is 1. The number of piperidine rings is 1. The third-order valence-electron chi connectivity index (χ3n) is 3.68. The maximum absolute atomic E-state index is 12.4. The van der Waals surface area contributed by atoms with Crippen LogP contribution in [0.3, 0.4) is 0 Å². The summed E-state index contributed by atoms with van der Waals surface area (Å²) in [6, 6.07) is 1.14. The maximum atomic E-state index is 12.4. The first-order valence-corrected chi connectivity index (χ1v) is 7.75. The second-order valence-corrected chi connectivity index (χ2v) is 6.90. The molecule has 2 heterocycles. The van der Waals surface area contributed by atoms with Crippen molar-refractivity contribution in [2.75, 3.05) is 20.2 Å². The lowest BCUT2D eigenvalue weighted by Crippen LogP contribution is -2.46. The number of carboxylic acid groups (broad SMARTS) is 1. The molecule has 1 aromatic rings. The predicted octanol–water partition coefficient (Wildman–Crippen LogP) is 0.758. The molecule has 112 valence electrons. The summed E-state index contributed by atoms with van der Waals surface area (Å²) in [4.78, 5) is 13.2. The average Bonchev–Trinajstić information content (AvgIpc) is 2.89. The topological polar surface area (TPSA) is 99.7 Å². The number of H-pyrrole nitrogens is 1. The zero-order valence-electron chi connectivity index (χ0n) is 11.4. The fourth-order valence-corrected chi connectivity index (χ4v) is 3.79. The summed E-state index contributed by atoms with van der Waals surface area (Å²) < 4.78 is 31.5. The van der Waals surface area contributed by atoms with Crippen molar-refractivity contribution in [1.29, 1.82) is 0 Å². The summed E-state index contributed by atoms with van der Waals surface area (Å²) in [5.41, 5.74) is -0.141. The van der Waals surface area contributed by atoms with Gasteiger partial charge in [0, 0.05) is 26.4 Å². The van der Waals surface area contributed by atoms with Crippen LogP contribution in [-0.2, 0) is 14.8 Å². The van der Waals surface area contributed by atoms with E-state index in [9.17, 15) is 13.2 Å². The van der Waals surface area contributed by atoms with Gasteiger partial charge in [-0.3, -0.25) is 0 Å². The fraction of sp³-hybridized carbons (Fsp3) is 0.583. The van der Waals surface area contributed by atoms with Gasteiger partial charge in [0.1, 0.15) is 10.6 Å². The molecule has 1 saturated heterocycles. The van der Waals surface area contributed by atoms with Crippen molar-refractivity contribution in [3.8, 4) is 0 Å². The minimum absolute atomic E-state index is 0.0284. The second-order valence-electron chi connectivity index (χ2n) is 4.96. The van der Waals surface area contributed by atoms with Gasteiger partial charge in [-0.2, -0.15) is 4.31 Å². The Kier molecular flexibility index (Phi) is 4.17. The molecule has 8 heteroatoms. The highest BCUT2D eigenvalue weighted by atomic mass is 32.2. The molecule has 1 fully saturated rings. The Morgan fingerprint density at radius 1 is 1.55 bits per heavy atom. The number of sulfonamides is 1. The number of methoxy groups -OCH3 is 1. The number of carbonyl (C=O) groups is 1. The number of aromatic amines is 1. The average molecular weight is 302 g/mol. The van der Waals surface area contributed by atoms with Crippen LogP contribution in [0.15, 0.2) is 17.2 Å². The van der Waals surface area contributed by atoms with Crippen LogP contribution in [0.4, 0.5) is 0 Å². The van der Waals surface area contributed by atoms with E-state index in [0.29, 0.717) is 18.9 Å². The molecule has 7 nitrogen and oxygen atoms in total. The van der Waals surface area contributed by atoms with Crippen LogP contribution in [0.2, 0.25) is 0 Å². The van der Waals surface area contributed by atoms with Crippen LogP contribution in [-0.4, -0.2) is 55.1 Å². The number of nitrogens with zero attached hydrogens (tertiary/aromatic N) is 1. The van der Waals surface area contributed by atoms with Crippen molar-refractivity contribution < 1.29 is 23.1 Å². The lowest BCUT2D eigenvalue weighted by Gasteiger charge is -2.35. The second kappa shape index (κ2) is 5.55. The van der Waals surface area contributed by atoms with Gasteiger partial charge in [0.25, 0.3) is 0 Å². The Hall–Kier alpha value is -1.38. The van der Waals surface area contributed by atoms with Crippen molar-refractivity contribution in [2.45, 2.75) is 24.3 Å². The normalized spacial score (nSPS) is 24.7. The SMILES string of the molecule is COC1CN(S(=O)(=O)c2c[nH]c(C(=O)O)c2)CCC1C. The summed E-state index contributed by atoms with van der Waals surface area (Å²) in [5, 5.41) is 8.83. The molecule has 0 radical (unpaired) electrons. The molecule has 0 spiro atoms. The summed E-state index contributed by atoms with van der Waals surface area (Å²) in [6.07, 6.45) is 1.78. The number of nitrogens with one attached hydrogen (secondary N) is 1. The molecular formula is C12H18N2O5S. The van der Waals surface area contributed by atoms with Gasteiger partial charge < -0.3 is 14.8 Å². The van der Waals surface area contributed by atoms with Gasteiger partial charge in [-0.15, -0.1) is 0 Å². The molecule has 2 N–H and O–H groups in total. The van der Waals surface area contributed by atoms with Gasteiger partial charge in [0.05, 0.1) is 6.10 Å². The zero-order chi connectivity index (χ0) is 14.9. The molecule has 1 aliphatic heterocycles. The molecular weight excluding hydrogens is 284 g/mol. The largest absolute Gasteiger partial charge is 0.477 e. The van der Waals surface area contributed by atoms with Crippen LogP contribution in [0.1, 0.15) is 23.8 Å². The van der Waals surface area contributed by atoms with E-state index in [4.69, 9.17) is 9.84 Å². The van der Waals surface area contributed by atoms with Gasteiger partial charge in [-0.1, -0.05) is 6.92 Å². The molecule has 0 aromatic carbocycles. The Labute approximate surface area is 117 Å². The molecule has 1 aliphatic rings. The third kappa shape index (κ3) is 2.72. The molecule has 0 saturated carbocycles. The van der Waals surface area contributed by atoms with Crippen molar-refractivity contribution in [3.63, 3.8) is 0 Å². The first kappa shape index (κ1) is 15.0. The van der Waals surface area contributed by atoms with E-state index in [-0.39, 0.29) is 23.2 Å². The van der Waals surface area contributed by atoms with Crippen LogP contribution >= 0.6 is 0 Å². The lowest BCUT2D eigenvalue weighted by atomic mass is 9.97. The highest BCUT2D eigenvalue weighted by molar-refractivity contribution is 7.89. The summed E-state index contributed by atoms with van der Waals surface area (Å²) in [5.74, 6) is -0.888. The molecule has 2 rings (SSSR count). The zero-order valence-corrected chi connectivity index (χ0v) is 12.2. The van der Waals surface area contributed by atoms with E-state index < -0.39 is 16.0 Å². The molecule has 0 amide bonds. The number of rotatable bonds is 4. The Balaban J connectivity index is 2.23. The first-order chi connectivity index (χ1) is 9.36. The third-order valence-corrected chi connectivity index (χ3v) is 5.52. The number of hydrogen-bond donors (Lipinski definition) is 2. The van der Waals surface area contributed by atoms with E-state index in [0.717, 1.165) is 6.07 Å². The highest BCUT2D eigenvalue weighted by Gasteiger charge is 2.34. The van der Waals surface area contributed by atoms with Crippen molar-refractivity contribution >= 4 is 16.0 Å². The van der Waals surface area contributed by atoms with E-state index in [1.165, 1.54) is 10.5 Å². The summed E-state index contributed by atoms with van der Waals surface area (Å²) >= 11 is 0. The molecule has 20 heavy (non-hydrogen) atoms. The number of aromatic nitrogens is 1. The Morgan fingerprint density at radius 2 is 2.25 bits per heavy atom. The van der Waals surface area contributed by atoms with E-state index in [1.54, 1.807) is 7.11 Å². The van der Waals surface area contributed by atoms with Gasteiger partial charge in [-0.25, -0.2) is 13.2 Å². The number of carboxylic acids is 1. The molecule has 1 aromatic heterocycles. The van der Waals surface area contributed by atoms with Gasteiger partial charge in [0.15, 0.2) is 0 Å². The Morgan fingerprint density at radius 3 is 2.80 bits per heavy atom. The van der Waals surface area contributed by atoms with Crippen LogP contribution in [0, 0.1) is 5.92 Å². The summed E-state index contributed by atoms with van der Waals surface area (Å²) in [7, 11) is -2.12. The molecule has 0 bridgehead atoms. The minimum atomic E-state index is -3.68. The van der Waals surface area contributed by atoms with Crippen molar-refractivity contribution in [2.24, 2.45) is 5.92 Å². The monoisotopic (exact) mass is 302 g/mol. The molecule has 2 atom stereocenters. The van der Waals surface area contributed by atoms with Crippen molar-refractivity contribution in [1.82, 2.24) is 9.29 Å². The number of hydrogen-bond acceptors (Lipinski definition) is 4. The van der Waals surface area contributed by atoms with Gasteiger partial charge in [0.2, 0.25) is 10.0 Å². The first-order valence-electron chi connectivity index (χ1n) is 6.31. The van der Waals surface area contributed by atoms with Crippen molar-refractivity contribution in [3.05, 3.63) is 18.0 Å². The van der Waals surface area contributed by atoms with Gasteiger partial charge in [-0.05, 0) is 18.4 Å². The van der Waals surface area contributed by atoms with Gasteiger partial charge >= 0.3 is 5.97 Å². The molecule has 0 aliphatic carbocycles. The minimum Gasteiger partial charge on any atom is -0.477 e. The van der Waals surface area contributed by atoms with E-state index in [1.807, 2.05) is 6.92 Å². The highest BCUT2D eigenvalue weighted by Crippen LogP contribution is 2.25. The predicted molar refractivity (Wildman–Crippen MR) is 71.1 cm³/mol. The lowest BCUT2D eigenvalue weighted by molar-refractivity contribution is 0.0184. The summed E-state index contributed by atoms with van der Waals surface area (Å²) in [6.45, 7) is 2.72. The molecule has 2 unspecified atom stereocenters. The fourth-order valence-electron chi connectivity index (χ4n) is 2.33. The standard InChI is InChI=1S/C12H18N2O5S/c1-8-3-4-14(7-11(8)19-2)20(17,18)9-5-10(12(15)16)13-6-9/h5-6,8,11,13H,3-4,7H2,1-2H3,(H,15,16). The Bertz CT molecular complexity index is 595. The van der Waals surface area contributed by atoms with Crippen LogP contribution in [0.25, 0.3) is 0 Å². The van der Waals surface area contributed by atoms with Crippen LogP contribution in [0.5, 0.6) is 0 Å².